The molecule has 3 rings (SSSR count). The molecule has 1 heterocycles. The number of fused-ring (bicyclic) bond motifs is 1. The second kappa shape index (κ2) is 7.25. The molecule has 3 atom stereocenters. The van der Waals surface area contributed by atoms with Gasteiger partial charge in [-0.25, -0.2) is 4.79 Å². The van der Waals surface area contributed by atoms with Gasteiger partial charge in [0.2, 0.25) is 5.91 Å². The molecule has 1 aliphatic rings. The average Bonchev–Trinajstić information content (AvgIpc) is 2.59. The van der Waals surface area contributed by atoms with Gasteiger partial charge >= 0.3 is 5.69 Å². The number of aromatic amines is 1. The van der Waals surface area contributed by atoms with Crippen molar-refractivity contribution < 1.29 is 4.79 Å². The number of nitrogens with one attached hydrogen (secondary N) is 2. The van der Waals surface area contributed by atoms with E-state index in [1.165, 1.54) is 11.0 Å². The van der Waals surface area contributed by atoms with Crippen LogP contribution in [-0.2, 0) is 11.3 Å². The zero-order chi connectivity index (χ0) is 18.0. The van der Waals surface area contributed by atoms with Crippen molar-refractivity contribution in [3.8, 4) is 0 Å². The smallest absolute Gasteiger partial charge is 0.328 e. The van der Waals surface area contributed by atoms with Crippen LogP contribution in [0.15, 0.2) is 33.9 Å². The molecule has 1 aliphatic carbocycles. The highest BCUT2D eigenvalue weighted by Crippen LogP contribution is 2.29. The van der Waals surface area contributed by atoms with Crippen molar-refractivity contribution in [2.45, 2.75) is 52.1 Å². The van der Waals surface area contributed by atoms with Gasteiger partial charge in [-0.3, -0.25) is 19.1 Å². The van der Waals surface area contributed by atoms with E-state index < -0.39 is 11.2 Å². The Kier molecular flexibility index (Phi) is 5.06. The molecule has 0 unspecified atom stereocenters. The van der Waals surface area contributed by atoms with Crippen molar-refractivity contribution in [2.24, 2.45) is 11.8 Å². The molecule has 0 aliphatic heterocycles. The number of nitrogens with zero attached hydrogens (tertiary/aromatic N) is 1. The lowest BCUT2D eigenvalue weighted by Crippen LogP contribution is -2.44. The van der Waals surface area contributed by atoms with Crippen LogP contribution in [0.4, 0.5) is 0 Å². The van der Waals surface area contributed by atoms with Gasteiger partial charge in [0, 0.05) is 19.0 Å². The Labute approximate surface area is 146 Å². The highest BCUT2D eigenvalue weighted by Gasteiger charge is 2.27. The van der Waals surface area contributed by atoms with E-state index in [0.29, 0.717) is 22.7 Å². The Balaban J connectivity index is 1.72. The predicted octanol–water partition coefficient (Wildman–Crippen LogP) is 2.02. The third kappa shape index (κ3) is 3.67. The molecule has 0 saturated heterocycles. The predicted molar refractivity (Wildman–Crippen MR) is 97.6 cm³/mol. The van der Waals surface area contributed by atoms with E-state index in [4.69, 9.17) is 0 Å². The van der Waals surface area contributed by atoms with Crippen molar-refractivity contribution in [3.63, 3.8) is 0 Å². The Morgan fingerprint density at radius 3 is 2.80 bits per heavy atom. The molecule has 1 aromatic heterocycles. The third-order valence-electron chi connectivity index (χ3n) is 5.52. The monoisotopic (exact) mass is 343 g/mol. The van der Waals surface area contributed by atoms with Gasteiger partial charge in [0.1, 0.15) is 0 Å². The molecule has 1 aromatic carbocycles. The average molecular weight is 343 g/mol. The summed E-state index contributed by atoms with van der Waals surface area (Å²) in [6, 6.07) is 7.15. The lowest BCUT2D eigenvalue weighted by molar-refractivity contribution is -0.122. The van der Waals surface area contributed by atoms with E-state index in [2.05, 4.69) is 24.1 Å². The SMILES string of the molecule is C[C@@H]1[C@H](C)CCC[C@@H]1NC(=O)CCn1c(=O)[nH]c(=O)c2ccccc21. The topological polar surface area (TPSA) is 84.0 Å². The Morgan fingerprint density at radius 2 is 2.00 bits per heavy atom. The van der Waals surface area contributed by atoms with Crippen LogP contribution >= 0.6 is 0 Å². The molecule has 6 nitrogen and oxygen atoms in total. The first-order chi connectivity index (χ1) is 12.0. The number of hydrogen-bond donors (Lipinski definition) is 2. The molecule has 6 heteroatoms. The number of aryl methyl sites for hydroxylation is 1. The number of amides is 1. The normalized spacial score (nSPS) is 23.5. The van der Waals surface area contributed by atoms with Crippen molar-refractivity contribution in [2.75, 3.05) is 0 Å². The fourth-order valence-corrected chi connectivity index (χ4v) is 3.74. The number of rotatable bonds is 4. The minimum absolute atomic E-state index is 0.0480. The molecule has 1 fully saturated rings. The molecular formula is C19H25N3O3. The van der Waals surface area contributed by atoms with Crippen LogP contribution in [0.5, 0.6) is 0 Å². The maximum Gasteiger partial charge on any atom is 0.328 e. The summed E-state index contributed by atoms with van der Waals surface area (Å²) in [4.78, 5) is 38.7. The fourth-order valence-electron chi connectivity index (χ4n) is 3.74. The summed E-state index contributed by atoms with van der Waals surface area (Å²) in [5.41, 5.74) is -0.314. The van der Waals surface area contributed by atoms with E-state index >= 15 is 0 Å². The highest BCUT2D eigenvalue weighted by molar-refractivity contribution is 5.79. The lowest BCUT2D eigenvalue weighted by atomic mass is 9.78. The zero-order valence-corrected chi connectivity index (χ0v) is 14.7. The van der Waals surface area contributed by atoms with Gasteiger partial charge in [0.15, 0.2) is 0 Å². The molecule has 1 amide bonds. The standard InChI is InChI=1S/C19H25N3O3/c1-12-6-5-8-15(13(12)2)20-17(23)10-11-22-16-9-4-3-7-14(16)18(24)21-19(22)25/h3-4,7,9,12-13,15H,5-6,8,10-11H2,1-2H3,(H,20,23)(H,21,24,25)/t12-,13-,15+/m1/s1. The molecule has 0 spiro atoms. The minimum Gasteiger partial charge on any atom is -0.353 e. The van der Waals surface area contributed by atoms with Crippen LogP contribution in [0.1, 0.15) is 39.5 Å². The number of carbonyl (C=O) groups is 1. The van der Waals surface area contributed by atoms with Gasteiger partial charge in [0.25, 0.3) is 5.56 Å². The first-order valence-electron chi connectivity index (χ1n) is 8.98. The van der Waals surface area contributed by atoms with Crippen LogP contribution in [0, 0.1) is 11.8 Å². The largest absolute Gasteiger partial charge is 0.353 e. The molecular weight excluding hydrogens is 318 g/mol. The van der Waals surface area contributed by atoms with Crippen molar-refractivity contribution >= 4 is 16.8 Å². The summed E-state index contributed by atoms with van der Waals surface area (Å²) >= 11 is 0. The molecule has 134 valence electrons. The zero-order valence-electron chi connectivity index (χ0n) is 14.7. The second-order valence-electron chi connectivity index (χ2n) is 7.12. The number of benzene rings is 1. The fraction of sp³-hybridized carbons (Fsp3) is 0.526. The van der Waals surface area contributed by atoms with Gasteiger partial charge in [-0.15, -0.1) is 0 Å². The summed E-state index contributed by atoms with van der Waals surface area (Å²) < 4.78 is 1.46. The van der Waals surface area contributed by atoms with E-state index in [0.717, 1.165) is 12.8 Å². The summed E-state index contributed by atoms with van der Waals surface area (Å²) in [5, 5.41) is 3.58. The van der Waals surface area contributed by atoms with E-state index in [1.807, 2.05) is 0 Å². The Hall–Kier alpha value is -2.37. The summed E-state index contributed by atoms with van der Waals surface area (Å²) in [6.07, 6.45) is 3.58. The van der Waals surface area contributed by atoms with Gasteiger partial charge in [0.05, 0.1) is 10.9 Å². The number of H-pyrrole nitrogens is 1. The van der Waals surface area contributed by atoms with Gasteiger partial charge in [-0.1, -0.05) is 38.8 Å². The number of para-hydroxylation sites is 1. The van der Waals surface area contributed by atoms with Crippen LogP contribution in [0.2, 0.25) is 0 Å². The van der Waals surface area contributed by atoms with E-state index in [-0.39, 0.29) is 24.9 Å². The molecule has 25 heavy (non-hydrogen) atoms. The van der Waals surface area contributed by atoms with Crippen LogP contribution in [0.3, 0.4) is 0 Å². The highest BCUT2D eigenvalue weighted by atomic mass is 16.2. The summed E-state index contributed by atoms with van der Waals surface area (Å²) in [6.45, 7) is 4.67. The first-order valence-corrected chi connectivity index (χ1v) is 8.98. The summed E-state index contributed by atoms with van der Waals surface area (Å²) in [5.74, 6) is 1.03. The minimum atomic E-state index is -0.476. The number of carbonyl (C=O) groups excluding carboxylic acids is 1. The maximum absolute atomic E-state index is 12.4. The van der Waals surface area contributed by atoms with Gasteiger partial charge in [-0.05, 0) is 30.4 Å². The van der Waals surface area contributed by atoms with Crippen LogP contribution < -0.4 is 16.6 Å². The van der Waals surface area contributed by atoms with E-state index in [1.54, 1.807) is 24.3 Å². The third-order valence-corrected chi connectivity index (χ3v) is 5.52. The second-order valence-corrected chi connectivity index (χ2v) is 7.12. The Morgan fingerprint density at radius 1 is 1.24 bits per heavy atom. The number of hydrogen-bond acceptors (Lipinski definition) is 3. The summed E-state index contributed by atoms with van der Waals surface area (Å²) in [7, 11) is 0. The van der Waals surface area contributed by atoms with Crippen molar-refractivity contribution in [1.29, 1.82) is 0 Å². The van der Waals surface area contributed by atoms with Gasteiger partial charge in [-0.2, -0.15) is 0 Å². The first kappa shape index (κ1) is 17.5. The van der Waals surface area contributed by atoms with Crippen LogP contribution in [-0.4, -0.2) is 21.5 Å². The molecule has 1 saturated carbocycles. The Bertz CT molecular complexity index is 883. The van der Waals surface area contributed by atoms with Crippen molar-refractivity contribution in [3.05, 3.63) is 45.1 Å². The van der Waals surface area contributed by atoms with E-state index in [9.17, 15) is 14.4 Å². The number of aromatic nitrogens is 2. The van der Waals surface area contributed by atoms with Gasteiger partial charge < -0.3 is 5.32 Å². The maximum atomic E-state index is 12.4. The molecule has 0 radical (unpaired) electrons. The van der Waals surface area contributed by atoms with Crippen molar-refractivity contribution in [1.82, 2.24) is 14.9 Å². The quantitative estimate of drug-likeness (QED) is 0.891. The molecule has 2 aromatic rings. The molecule has 2 N–H and O–H groups in total. The van der Waals surface area contributed by atoms with Crippen LogP contribution in [0.25, 0.3) is 10.9 Å². The lowest BCUT2D eigenvalue weighted by Gasteiger charge is -2.34. The molecule has 0 bridgehead atoms.